The van der Waals surface area contributed by atoms with E-state index >= 15 is 0 Å². The number of hydrogen-bond donors (Lipinski definition) is 1. The molecule has 9 nitrogen and oxygen atoms in total. The lowest BCUT2D eigenvalue weighted by molar-refractivity contribution is -0.259. The highest BCUT2D eigenvalue weighted by atomic mass is 16.7. The summed E-state index contributed by atoms with van der Waals surface area (Å²) in [5, 5.41) is 10.4. The van der Waals surface area contributed by atoms with Crippen LogP contribution in [0.5, 0.6) is 0 Å². The Morgan fingerprint density at radius 3 is 1.30 bits per heavy atom. The standard InChI is InChI=1S/C65H125NO8/c1-6-11-16-21-26-27-28-35-45-56-71-62(68)49-41-37-44-55-66-58-59(67)51-52-61(66)64(70)72-57-46-36-29-32-40-50-63(69)74-65(53-42-33-24-19-14-9-4,54-43-34-25-20-15-10-5)73-60(47-38-30-22-17-12-7-2)48-39-31-23-18-13-8-3/h59-61,67H,6-58H2,1-5H3/t59-,61+/m1/s1. The third-order valence-electron chi connectivity index (χ3n) is 15.8. The molecule has 0 bridgehead atoms. The minimum atomic E-state index is -0.834. The van der Waals surface area contributed by atoms with Crippen LogP contribution in [0.2, 0.25) is 0 Å². The number of likely N-dealkylation sites (tertiary alicyclic amines) is 1. The van der Waals surface area contributed by atoms with E-state index in [2.05, 4.69) is 39.5 Å². The smallest absolute Gasteiger partial charge is 0.323 e. The third-order valence-corrected chi connectivity index (χ3v) is 15.8. The molecular weight excluding hydrogens is 923 g/mol. The molecule has 1 rings (SSSR count). The highest BCUT2D eigenvalue weighted by Crippen LogP contribution is 2.34. The predicted molar refractivity (Wildman–Crippen MR) is 312 cm³/mol. The molecule has 1 saturated heterocycles. The van der Waals surface area contributed by atoms with Crippen LogP contribution in [-0.4, -0.2) is 78.3 Å². The van der Waals surface area contributed by atoms with Gasteiger partial charge in [-0.3, -0.25) is 19.3 Å². The quantitative estimate of drug-likeness (QED) is 0.0275. The molecule has 9 heteroatoms. The van der Waals surface area contributed by atoms with Gasteiger partial charge >= 0.3 is 17.9 Å². The normalized spacial score (nSPS) is 15.3. The predicted octanol–water partition coefficient (Wildman–Crippen LogP) is 19.0. The van der Waals surface area contributed by atoms with Crippen LogP contribution in [0.25, 0.3) is 0 Å². The average molecular weight is 1050 g/mol. The van der Waals surface area contributed by atoms with Crippen molar-refractivity contribution in [1.82, 2.24) is 4.90 Å². The molecule has 2 atom stereocenters. The lowest BCUT2D eigenvalue weighted by Crippen LogP contribution is -2.50. The summed E-state index contributed by atoms with van der Waals surface area (Å²) in [6.07, 6.45) is 53.4. The maximum Gasteiger partial charge on any atom is 0.323 e. The third kappa shape index (κ3) is 41.4. The molecule has 0 spiro atoms. The Labute approximate surface area is 459 Å². The summed E-state index contributed by atoms with van der Waals surface area (Å²) in [4.78, 5) is 41.6. The Morgan fingerprint density at radius 2 is 0.824 bits per heavy atom. The van der Waals surface area contributed by atoms with E-state index < -0.39 is 11.9 Å². The van der Waals surface area contributed by atoms with Crippen molar-refractivity contribution in [2.45, 2.75) is 373 Å². The number of carbonyl (C=O) groups excluding carboxylic acids is 3. The number of β-amino-alcohol motifs (C(OH)–C–C–N with tert-alkyl or cyclic N) is 1. The maximum absolute atomic E-state index is 13.9. The topological polar surface area (TPSA) is 112 Å². The van der Waals surface area contributed by atoms with E-state index in [1.54, 1.807) is 0 Å². The van der Waals surface area contributed by atoms with Gasteiger partial charge in [0.25, 0.3) is 0 Å². The van der Waals surface area contributed by atoms with E-state index in [-0.39, 0.29) is 30.1 Å². The molecule has 0 saturated carbocycles. The number of rotatable bonds is 56. The molecule has 1 heterocycles. The number of piperidine rings is 1. The van der Waals surface area contributed by atoms with E-state index in [0.29, 0.717) is 52.0 Å². The van der Waals surface area contributed by atoms with Crippen LogP contribution in [0.15, 0.2) is 0 Å². The first-order valence-electron chi connectivity index (χ1n) is 32.9. The van der Waals surface area contributed by atoms with Crippen LogP contribution in [0, 0.1) is 0 Å². The van der Waals surface area contributed by atoms with Crippen molar-refractivity contribution < 1.29 is 38.4 Å². The summed E-state index contributed by atoms with van der Waals surface area (Å²) >= 11 is 0. The van der Waals surface area contributed by atoms with Crippen LogP contribution in [-0.2, 0) is 33.3 Å². The van der Waals surface area contributed by atoms with Crippen molar-refractivity contribution >= 4 is 17.9 Å². The number of nitrogens with zero attached hydrogens (tertiary/aromatic N) is 1. The zero-order valence-corrected chi connectivity index (χ0v) is 50.0. The van der Waals surface area contributed by atoms with Crippen LogP contribution < -0.4 is 0 Å². The second kappa shape index (κ2) is 52.0. The highest BCUT2D eigenvalue weighted by molar-refractivity contribution is 5.76. The first-order valence-corrected chi connectivity index (χ1v) is 32.9. The number of aliphatic hydroxyl groups excluding tert-OH is 1. The SMILES string of the molecule is CCCCCCCCCCCOC(=O)CCCCCN1C[C@H](O)CC[C@H]1C(=O)OCCCCCCCC(=O)OC(CCCCCCCC)(CCCCCCCC)OC(CCCCCCCC)CCCCCCCC. The van der Waals surface area contributed by atoms with Crippen molar-refractivity contribution in [1.29, 1.82) is 0 Å². The molecule has 0 aromatic rings. The molecule has 0 aliphatic carbocycles. The maximum atomic E-state index is 13.9. The summed E-state index contributed by atoms with van der Waals surface area (Å²) in [7, 11) is 0. The monoisotopic (exact) mass is 1050 g/mol. The minimum absolute atomic E-state index is 0.0991. The zero-order chi connectivity index (χ0) is 53.8. The molecule has 0 unspecified atom stereocenters. The van der Waals surface area contributed by atoms with Crippen LogP contribution in [0.4, 0.5) is 0 Å². The molecule has 438 valence electrons. The van der Waals surface area contributed by atoms with Gasteiger partial charge in [-0.1, -0.05) is 253 Å². The molecule has 1 fully saturated rings. The van der Waals surface area contributed by atoms with Gasteiger partial charge in [0.1, 0.15) is 6.04 Å². The molecule has 74 heavy (non-hydrogen) atoms. The van der Waals surface area contributed by atoms with Crippen LogP contribution in [0.3, 0.4) is 0 Å². The average Bonchev–Trinajstić information content (AvgIpc) is 3.39. The summed E-state index contributed by atoms with van der Waals surface area (Å²) in [5.74, 6) is -1.23. The van der Waals surface area contributed by atoms with Crippen molar-refractivity contribution in [2.75, 3.05) is 26.3 Å². The van der Waals surface area contributed by atoms with Gasteiger partial charge in [0.15, 0.2) is 0 Å². The Morgan fingerprint density at radius 1 is 0.446 bits per heavy atom. The molecule has 0 amide bonds. The van der Waals surface area contributed by atoms with E-state index in [9.17, 15) is 19.5 Å². The summed E-state index contributed by atoms with van der Waals surface area (Å²) in [6.45, 7) is 13.5. The molecule has 1 N–H and O–H groups in total. The summed E-state index contributed by atoms with van der Waals surface area (Å²) < 4.78 is 25.3. The molecule has 0 radical (unpaired) electrons. The van der Waals surface area contributed by atoms with Gasteiger partial charge < -0.3 is 24.1 Å². The summed E-state index contributed by atoms with van der Waals surface area (Å²) in [6, 6.07) is -0.328. The number of aliphatic hydroxyl groups is 1. The van der Waals surface area contributed by atoms with E-state index in [1.165, 1.54) is 173 Å². The summed E-state index contributed by atoms with van der Waals surface area (Å²) in [5.41, 5.74) is 0. The molecular formula is C65H125NO8. The van der Waals surface area contributed by atoms with Gasteiger partial charge in [0.2, 0.25) is 5.79 Å². The molecule has 1 aliphatic heterocycles. The zero-order valence-electron chi connectivity index (χ0n) is 50.0. The largest absolute Gasteiger partial charge is 0.466 e. The lowest BCUT2D eigenvalue weighted by atomic mass is 9.97. The van der Waals surface area contributed by atoms with E-state index in [0.717, 1.165) is 116 Å². The van der Waals surface area contributed by atoms with E-state index in [1.807, 2.05) is 0 Å². The Kier molecular flexibility index (Phi) is 49.4. The Bertz CT molecular complexity index is 1210. The van der Waals surface area contributed by atoms with Gasteiger partial charge in [0.05, 0.1) is 25.4 Å². The van der Waals surface area contributed by atoms with Gasteiger partial charge in [-0.15, -0.1) is 0 Å². The molecule has 0 aromatic carbocycles. The van der Waals surface area contributed by atoms with Gasteiger partial charge in [0, 0.05) is 32.2 Å². The number of unbranched alkanes of at least 4 members (excludes halogenated alkanes) is 34. The highest BCUT2D eigenvalue weighted by Gasteiger charge is 2.37. The first-order chi connectivity index (χ1) is 36.2. The second-order valence-corrected chi connectivity index (χ2v) is 23.1. The van der Waals surface area contributed by atoms with Crippen LogP contribution in [0.1, 0.15) is 349 Å². The van der Waals surface area contributed by atoms with E-state index in [4.69, 9.17) is 18.9 Å². The second-order valence-electron chi connectivity index (χ2n) is 23.1. The van der Waals surface area contributed by atoms with Crippen molar-refractivity contribution in [2.24, 2.45) is 0 Å². The van der Waals surface area contributed by atoms with Crippen molar-refractivity contribution in [3.8, 4) is 0 Å². The minimum Gasteiger partial charge on any atom is -0.466 e. The fraction of sp³-hybridized carbons (Fsp3) is 0.954. The van der Waals surface area contributed by atoms with Gasteiger partial charge in [-0.05, 0) is 77.2 Å². The Balaban J connectivity index is 2.68. The lowest BCUT2D eigenvalue weighted by Gasteiger charge is -2.37. The fourth-order valence-electron chi connectivity index (χ4n) is 11.0. The fourth-order valence-corrected chi connectivity index (χ4v) is 11.0. The Hall–Kier alpha value is -1.71. The van der Waals surface area contributed by atoms with Crippen molar-refractivity contribution in [3.05, 3.63) is 0 Å². The molecule has 1 aliphatic rings. The first kappa shape index (κ1) is 70.3. The number of esters is 3. The number of hydrogen-bond acceptors (Lipinski definition) is 9. The van der Waals surface area contributed by atoms with Gasteiger partial charge in [-0.2, -0.15) is 0 Å². The van der Waals surface area contributed by atoms with Crippen LogP contribution >= 0.6 is 0 Å². The number of carbonyl (C=O) groups is 3. The van der Waals surface area contributed by atoms with Crippen molar-refractivity contribution in [3.63, 3.8) is 0 Å². The molecule has 0 aromatic heterocycles. The van der Waals surface area contributed by atoms with Gasteiger partial charge in [-0.25, -0.2) is 0 Å². The number of ether oxygens (including phenoxy) is 4.